The summed E-state index contributed by atoms with van der Waals surface area (Å²) in [6.45, 7) is 2.87. The second kappa shape index (κ2) is 6.89. The Morgan fingerprint density at radius 3 is 2.43 bits per heavy atom. The Labute approximate surface area is 135 Å². The second-order valence-corrected chi connectivity index (χ2v) is 6.27. The largest absolute Gasteiger partial charge is 0.493 e. The summed E-state index contributed by atoms with van der Waals surface area (Å²) in [5.74, 6) is -0.492. The highest BCUT2D eigenvalue weighted by atomic mass is 16.5. The van der Waals surface area contributed by atoms with Crippen LogP contribution in [0.3, 0.4) is 0 Å². The average molecular weight is 321 g/mol. The van der Waals surface area contributed by atoms with Gasteiger partial charge in [-0.25, -0.2) is 4.79 Å². The molecule has 0 unspecified atom stereocenters. The molecular formula is C17H23NO5. The zero-order valence-corrected chi connectivity index (χ0v) is 13.7. The highest BCUT2D eigenvalue weighted by molar-refractivity contribution is 5.98. The molecule has 0 spiro atoms. The van der Waals surface area contributed by atoms with Crippen LogP contribution in [0.1, 0.15) is 49.9 Å². The molecule has 0 bridgehead atoms. The number of nitrogens with one attached hydrogen (secondary N) is 1. The first-order valence-corrected chi connectivity index (χ1v) is 7.74. The zero-order valence-electron chi connectivity index (χ0n) is 13.7. The predicted molar refractivity (Wildman–Crippen MR) is 85.1 cm³/mol. The van der Waals surface area contributed by atoms with Crippen LogP contribution in [0.25, 0.3) is 0 Å². The van der Waals surface area contributed by atoms with Gasteiger partial charge in [0.1, 0.15) is 5.54 Å². The van der Waals surface area contributed by atoms with E-state index in [1.165, 1.54) is 21.0 Å². The molecule has 0 aromatic heterocycles. The Morgan fingerprint density at radius 2 is 1.87 bits per heavy atom. The molecule has 1 amide bonds. The predicted octanol–water partition coefficient (Wildman–Crippen LogP) is 2.61. The Kier molecular flexibility index (Phi) is 5.13. The number of hydrogen-bond acceptors (Lipinski definition) is 4. The molecule has 0 atom stereocenters. The third-order valence-electron chi connectivity index (χ3n) is 3.98. The van der Waals surface area contributed by atoms with Crippen molar-refractivity contribution >= 4 is 11.9 Å². The number of carbonyl (C=O) groups is 2. The van der Waals surface area contributed by atoms with E-state index in [2.05, 4.69) is 5.32 Å². The second-order valence-electron chi connectivity index (χ2n) is 6.27. The summed E-state index contributed by atoms with van der Waals surface area (Å²) in [6, 6.07) is 4.87. The minimum atomic E-state index is -1.34. The van der Waals surface area contributed by atoms with Crippen molar-refractivity contribution in [1.29, 1.82) is 0 Å². The van der Waals surface area contributed by atoms with Gasteiger partial charge in [-0.15, -0.1) is 0 Å². The standard InChI is InChI=1S/C17H23NO5/c1-17(2,16(20)21)18-15(19)11-8-9-13(14(10-11)22-3)23-12-6-4-5-7-12/h8-10,12H,4-7H2,1-3H3,(H,18,19)(H,20,21). The van der Waals surface area contributed by atoms with Crippen molar-refractivity contribution in [2.24, 2.45) is 0 Å². The van der Waals surface area contributed by atoms with Gasteiger partial charge in [-0.3, -0.25) is 4.79 Å². The summed E-state index contributed by atoms with van der Waals surface area (Å²) in [7, 11) is 1.51. The van der Waals surface area contributed by atoms with Crippen LogP contribution < -0.4 is 14.8 Å². The van der Waals surface area contributed by atoms with E-state index in [0.717, 1.165) is 25.7 Å². The molecule has 0 aliphatic heterocycles. The van der Waals surface area contributed by atoms with E-state index in [0.29, 0.717) is 17.1 Å². The topological polar surface area (TPSA) is 84.9 Å². The number of hydrogen-bond donors (Lipinski definition) is 2. The maximum atomic E-state index is 12.2. The molecule has 1 aromatic carbocycles. The summed E-state index contributed by atoms with van der Waals surface area (Å²) in [5.41, 5.74) is -1.02. The van der Waals surface area contributed by atoms with E-state index >= 15 is 0 Å². The smallest absolute Gasteiger partial charge is 0.328 e. The number of methoxy groups -OCH3 is 1. The Hall–Kier alpha value is -2.24. The van der Waals surface area contributed by atoms with Gasteiger partial charge >= 0.3 is 5.97 Å². The minimum absolute atomic E-state index is 0.189. The number of carboxylic acid groups (broad SMARTS) is 1. The van der Waals surface area contributed by atoms with Crippen LogP contribution >= 0.6 is 0 Å². The molecule has 2 N–H and O–H groups in total. The summed E-state index contributed by atoms with van der Waals surface area (Å²) >= 11 is 0. The molecule has 6 heteroatoms. The van der Waals surface area contributed by atoms with Crippen LogP contribution in [0.4, 0.5) is 0 Å². The van der Waals surface area contributed by atoms with Gasteiger partial charge in [-0.1, -0.05) is 0 Å². The Bertz CT molecular complexity index is 591. The van der Waals surface area contributed by atoms with Crippen LogP contribution in [0.5, 0.6) is 11.5 Å². The van der Waals surface area contributed by atoms with Crippen molar-refractivity contribution in [1.82, 2.24) is 5.32 Å². The lowest BCUT2D eigenvalue weighted by molar-refractivity contribution is -0.143. The first-order chi connectivity index (χ1) is 10.8. The van der Waals surface area contributed by atoms with Crippen molar-refractivity contribution in [3.8, 4) is 11.5 Å². The van der Waals surface area contributed by atoms with Crippen LogP contribution in [0, 0.1) is 0 Å². The van der Waals surface area contributed by atoms with E-state index < -0.39 is 17.4 Å². The molecule has 1 saturated carbocycles. The van der Waals surface area contributed by atoms with E-state index in [-0.39, 0.29) is 6.10 Å². The Balaban J connectivity index is 2.14. The molecule has 0 heterocycles. The van der Waals surface area contributed by atoms with Crippen LogP contribution in [-0.4, -0.2) is 35.7 Å². The third kappa shape index (κ3) is 4.15. The quantitative estimate of drug-likeness (QED) is 0.841. The molecule has 0 radical (unpaired) electrons. The first kappa shape index (κ1) is 17.1. The van der Waals surface area contributed by atoms with E-state index in [1.54, 1.807) is 18.2 Å². The van der Waals surface area contributed by atoms with Crippen molar-refractivity contribution in [3.05, 3.63) is 23.8 Å². The number of carboxylic acids is 1. The average Bonchev–Trinajstić information content (AvgIpc) is 3.00. The molecule has 1 fully saturated rings. The monoisotopic (exact) mass is 321 g/mol. The maximum Gasteiger partial charge on any atom is 0.328 e. The van der Waals surface area contributed by atoms with Crippen LogP contribution in [-0.2, 0) is 4.79 Å². The van der Waals surface area contributed by atoms with Gasteiger partial charge in [-0.2, -0.15) is 0 Å². The van der Waals surface area contributed by atoms with Crippen molar-refractivity contribution in [3.63, 3.8) is 0 Å². The fourth-order valence-corrected chi connectivity index (χ4v) is 2.50. The summed E-state index contributed by atoms with van der Waals surface area (Å²) in [4.78, 5) is 23.3. The fraction of sp³-hybridized carbons (Fsp3) is 0.529. The molecular weight excluding hydrogens is 298 g/mol. The molecule has 0 saturated heterocycles. The van der Waals surface area contributed by atoms with Gasteiger partial charge in [-0.05, 0) is 57.7 Å². The van der Waals surface area contributed by atoms with Crippen molar-refractivity contribution in [2.75, 3.05) is 7.11 Å². The van der Waals surface area contributed by atoms with Crippen LogP contribution in [0.2, 0.25) is 0 Å². The third-order valence-corrected chi connectivity index (χ3v) is 3.98. The first-order valence-electron chi connectivity index (χ1n) is 7.74. The molecule has 1 aromatic rings. The highest BCUT2D eigenvalue weighted by Crippen LogP contribution is 2.32. The highest BCUT2D eigenvalue weighted by Gasteiger charge is 2.29. The lowest BCUT2D eigenvalue weighted by atomic mass is 10.1. The molecule has 23 heavy (non-hydrogen) atoms. The van der Waals surface area contributed by atoms with Crippen molar-refractivity contribution in [2.45, 2.75) is 51.2 Å². The normalized spacial score (nSPS) is 15.3. The molecule has 6 nitrogen and oxygen atoms in total. The molecule has 2 rings (SSSR count). The SMILES string of the molecule is COc1cc(C(=O)NC(C)(C)C(=O)O)ccc1OC1CCCC1. The summed E-state index contributed by atoms with van der Waals surface area (Å²) in [5, 5.41) is 11.6. The van der Waals surface area contributed by atoms with Gasteiger partial charge in [0.15, 0.2) is 11.5 Å². The van der Waals surface area contributed by atoms with Gasteiger partial charge in [0, 0.05) is 5.56 Å². The summed E-state index contributed by atoms with van der Waals surface area (Å²) in [6.07, 6.45) is 4.57. The zero-order chi connectivity index (χ0) is 17.0. The minimum Gasteiger partial charge on any atom is -0.493 e. The maximum absolute atomic E-state index is 12.2. The number of amides is 1. The van der Waals surface area contributed by atoms with Gasteiger partial charge in [0.2, 0.25) is 0 Å². The molecule has 126 valence electrons. The van der Waals surface area contributed by atoms with E-state index in [9.17, 15) is 9.59 Å². The fourth-order valence-electron chi connectivity index (χ4n) is 2.50. The lowest BCUT2D eigenvalue weighted by Crippen LogP contribution is -2.49. The number of benzene rings is 1. The summed E-state index contributed by atoms with van der Waals surface area (Å²) < 4.78 is 11.2. The molecule has 1 aliphatic carbocycles. The van der Waals surface area contributed by atoms with Gasteiger partial charge in [0.05, 0.1) is 13.2 Å². The van der Waals surface area contributed by atoms with E-state index in [1.807, 2.05) is 0 Å². The van der Waals surface area contributed by atoms with E-state index in [4.69, 9.17) is 14.6 Å². The van der Waals surface area contributed by atoms with Crippen LogP contribution in [0.15, 0.2) is 18.2 Å². The number of ether oxygens (including phenoxy) is 2. The number of aliphatic carboxylic acids is 1. The van der Waals surface area contributed by atoms with Gasteiger partial charge in [0.25, 0.3) is 5.91 Å². The molecule has 1 aliphatic rings. The number of rotatable bonds is 6. The van der Waals surface area contributed by atoms with Crippen molar-refractivity contribution < 1.29 is 24.2 Å². The number of carbonyl (C=O) groups excluding carboxylic acids is 1. The van der Waals surface area contributed by atoms with Gasteiger partial charge < -0.3 is 19.9 Å². The Morgan fingerprint density at radius 1 is 1.22 bits per heavy atom. The lowest BCUT2D eigenvalue weighted by Gasteiger charge is -2.21.